The van der Waals surface area contributed by atoms with Gasteiger partial charge < -0.3 is 36.6 Å². The molecule has 0 aromatic carbocycles. The molecule has 13 heteroatoms. The Balaban J connectivity index is 3.00. The topological polar surface area (TPSA) is 199 Å². The van der Waals surface area contributed by atoms with E-state index in [2.05, 4.69) is 10.6 Å². The first kappa shape index (κ1) is 27.7. The smallest absolute Gasteiger partial charge is 0.326 e. The van der Waals surface area contributed by atoms with E-state index in [0.717, 1.165) is 0 Å². The third-order valence-electron chi connectivity index (χ3n) is 5.15. The Labute approximate surface area is 190 Å². The first-order valence-corrected chi connectivity index (χ1v) is 11.7. The van der Waals surface area contributed by atoms with Crippen molar-refractivity contribution < 1.29 is 39.3 Å². The number of likely N-dealkylation sites (tertiary alicyclic amines) is 1. The predicted molar refractivity (Wildman–Crippen MR) is 116 cm³/mol. The molecule has 1 saturated heterocycles. The van der Waals surface area contributed by atoms with Crippen LogP contribution in [0.3, 0.4) is 0 Å². The maximum atomic E-state index is 13.0. The number of carbonyl (C=O) groups is 5. The number of nitrogens with one attached hydrogen (secondary N) is 2. The molecule has 12 nitrogen and oxygen atoms in total. The summed E-state index contributed by atoms with van der Waals surface area (Å²) in [6, 6.07) is -4.64. The van der Waals surface area contributed by atoms with E-state index < -0.39 is 66.4 Å². The van der Waals surface area contributed by atoms with Crippen molar-refractivity contribution >= 4 is 41.4 Å². The second-order valence-electron chi connectivity index (χ2n) is 7.63. The van der Waals surface area contributed by atoms with E-state index in [1.165, 1.54) is 23.6 Å². The number of aliphatic hydroxyl groups is 1. The van der Waals surface area contributed by atoms with Crippen LogP contribution >= 0.6 is 11.8 Å². The summed E-state index contributed by atoms with van der Waals surface area (Å²) in [5.74, 6) is -3.98. The Bertz CT molecular complexity index is 705. The monoisotopic (exact) mass is 476 g/mol. The Morgan fingerprint density at radius 2 is 1.72 bits per heavy atom. The van der Waals surface area contributed by atoms with E-state index in [-0.39, 0.29) is 19.4 Å². The zero-order valence-electron chi connectivity index (χ0n) is 18.2. The van der Waals surface area contributed by atoms with Gasteiger partial charge in [0.1, 0.15) is 24.2 Å². The summed E-state index contributed by atoms with van der Waals surface area (Å²) < 4.78 is 0. The minimum atomic E-state index is -1.33. The SMILES string of the molecule is CSCCC(NC(=O)C(CCC(=O)O)NC(=O)C(N)C(C)O)C(=O)N1CCCC1C(=O)O. The summed E-state index contributed by atoms with van der Waals surface area (Å²) in [4.78, 5) is 61.7. The van der Waals surface area contributed by atoms with Gasteiger partial charge in [-0.05, 0) is 44.6 Å². The summed E-state index contributed by atoms with van der Waals surface area (Å²) in [5.41, 5.74) is 5.58. The maximum absolute atomic E-state index is 13.0. The molecule has 182 valence electrons. The number of rotatable bonds is 13. The lowest BCUT2D eigenvalue weighted by Gasteiger charge is -2.29. The number of nitrogens with zero attached hydrogens (tertiary/aromatic N) is 1. The van der Waals surface area contributed by atoms with E-state index in [4.69, 9.17) is 10.8 Å². The summed E-state index contributed by atoms with van der Waals surface area (Å²) >= 11 is 1.43. The molecule has 0 bridgehead atoms. The van der Waals surface area contributed by atoms with Gasteiger partial charge in [0.25, 0.3) is 0 Å². The average Bonchev–Trinajstić information content (AvgIpc) is 3.22. The normalized spacial score (nSPS) is 19.5. The van der Waals surface area contributed by atoms with Gasteiger partial charge in [0.05, 0.1) is 6.10 Å². The molecule has 7 N–H and O–H groups in total. The van der Waals surface area contributed by atoms with Gasteiger partial charge in [0, 0.05) is 13.0 Å². The fourth-order valence-electron chi connectivity index (χ4n) is 3.28. The Hall–Kier alpha value is -2.38. The minimum absolute atomic E-state index is 0.224. The first-order chi connectivity index (χ1) is 15.0. The van der Waals surface area contributed by atoms with Crippen molar-refractivity contribution in [2.45, 2.75) is 69.3 Å². The molecule has 1 heterocycles. The number of aliphatic carboxylic acids is 2. The van der Waals surface area contributed by atoms with Crippen LogP contribution in [0, 0.1) is 0 Å². The van der Waals surface area contributed by atoms with Gasteiger partial charge in [-0.25, -0.2) is 4.79 Å². The fraction of sp³-hybridized carbons (Fsp3) is 0.737. The highest BCUT2D eigenvalue weighted by Gasteiger charge is 2.38. The van der Waals surface area contributed by atoms with Gasteiger partial charge in [-0.3, -0.25) is 19.2 Å². The van der Waals surface area contributed by atoms with E-state index in [0.29, 0.717) is 18.6 Å². The largest absolute Gasteiger partial charge is 0.481 e. The molecular formula is C19H32N4O8S. The molecule has 3 amide bonds. The number of carboxylic acid groups (broad SMARTS) is 2. The minimum Gasteiger partial charge on any atom is -0.481 e. The molecule has 0 radical (unpaired) electrons. The maximum Gasteiger partial charge on any atom is 0.326 e. The van der Waals surface area contributed by atoms with Crippen LogP contribution in [0.2, 0.25) is 0 Å². The van der Waals surface area contributed by atoms with Crippen molar-refractivity contribution in [2.24, 2.45) is 5.73 Å². The standard InChI is InChI=1S/C19H32N4O8S/c1-10(24)15(20)17(28)21-11(5-6-14(25)26)16(27)22-12(7-9-32-2)18(29)23-8-3-4-13(23)19(30)31/h10-13,15,24H,3-9,20H2,1-2H3,(H,21,28)(H,22,27)(H,25,26)(H,30,31). The number of nitrogens with two attached hydrogens (primary N) is 1. The molecule has 32 heavy (non-hydrogen) atoms. The summed E-state index contributed by atoms with van der Waals surface area (Å²) in [6.07, 6.45) is 0.994. The average molecular weight is 477 g/mol. The van der Waals surface area contributed by atoms with Gasteiger partial charge in [0.2, 0.25) is 17.7 Å². The van der Waals surface area contributed by atoms with Crippen LogP contribution in [0.4, 0.5) is 0 Å². The van der Waals surface area contributed by atoms with Crippen molar-refractivity contribution in [3.63, 3.8) is 0 Å². The molecule has 5 unspecified atom stereocenters. The summed E-state index contributed by atoms with van der Waals surface area (Å²) in [7, 11) is 0. The lowest BCUT2D eigenvalue weighted by molar-refractivity contribution is -0.149. The van der Waals surface area contributed by atoms with Crippen molar-refractivity contribution in [1.82, 2.24) is 15.5 Å². The molecular weight excluding hydrogens is 444 g/mol. The molecule has 0 spiro atoms. The lowest BCUT2D eigenvalue weighted by Crippen LogP contribution is -2.58. The van der Waals surface area contributed by atoms with Gasteiger partial charge in [-0.1, -0.05) is 0 Å². The quantitative estimate of drug-likeness (QED) is 0.179. The summed E-state index contributed by atoms with van der Waals surface area (Å²) in [6.45, 7) is 1.55. The number of carboxylic acids is 2. The highest BCUT2D eigenvalue weighted by Crippen LogP contribution is 2.20. The number of hydrogen-bond acceptors (Lipinski definition) is 8. The van der Waals surface area contributed by atoms with E-state index in [1.807, 2.05) is 6.26 Å². The lowest BCUT2D eigenvalue weighted by atomic mass is 10.1. The Morgan fingerprint density at radius 3 is 2.25 bits per heavy atom. The Kier molecular flexibility index (Phi) is 11.4. The van der Waals surface area contributed by atoms with Gasteiger partial charge >= 0.3 is 11.9 Å². The second-order valence-corrected chi connectivity index (χ2v) is 8.62. The second kappa shape index (κ2) is 13.2. The number of amides is 3. The van der Waals surface area contributed by atoms with Gasteiger partial charge in [-0.2, -0.15) is 11.8 Å². The van der Waals surface area contributed by atoms with Crippen LogP contribution in [0.25, 0.3) is 0 Å². The number of carbonyl (C=O) groups excluding carboxylic acids is 3. The van der Waals surface area contributed by atoms with Crippen LogP contribution < -0.4 is 16.4 Å². The van der Waals surface area contributed by atoms with Crippen LogP contribution in [-0.4, -0.2) is 98.7 Å². The predicted octanol–water partition coefficient (Wildman–Crippen LogP) is -1.64. The van der Waals surface area contributed by atoms with Crippen LogP contribution in [0.5, 0.6) is 0 Å². The number of thioether (sulfide) groups is 1. The fourth-order valence-corrected chi connectivity index (χ4v) is 3.75. The van der Waals surface area contributed by atoms with E-state index in [1.54, 1.807) is 0 Å². The number of hydrogen-bond donors (Lipinski definition) is 6. The van der Waals surface area contributed by atoms with Crippen molar-refractivity contribution in [3.05, 3.63) is 0 Å². The first-order valence-electron chi connectivity index (χ1n) is 10.3. The molecule has 5 atom stereocenters. The highest BCUT2D eigenvalue weighted by molar-refractivity contribution is 7.98. The summed E-state index contributed by atoms with van der Waals surface area (Å²) in [5, 5.41) is 32.7. The van der Waals surface area contributed by atoms with E-state index >= 15 is 0 Å². The van der Waals surface area contributed by atoms with Crippen LogP contribution in [0.1, 0.15) is 39.0 Å². The van der Waals surface area contributed by atoms with Gasteiger partial charge in [-0.15, -0.1) is 0 Å². The molecule has 0 saturated carbocycles. The molecule has 1 fully saturated rings. The van der Waals surface area contributed by atoms with E-state index in [9.17, 15) is 34.2 Å². The third-order valence-corrected chi connectivity index (χ3v) is 5.79. The third kappa shape index (κ3) is 8.28. The zero-order valence-corrected chi connectivity index (χ0v) is 19.0. The van der Waals surface area contributed by atoms with Crippen molar-refractivity contribution in [2.75, 3.05) is 18.6 Å². The van der Waals surface area contributed by atoms with Crippen molar-refractivity contribution in [1.29, 1.82) is 0 Å². The van der Waals surface area contributed by atoms with Gasteiger partial charge in [0.15, 0.2) is 0 Å². The zero-order chi connectivity index (χ0) is 24.4. The van der Waals surface area contributed by atoms with Crippen molar-refractivity contribution in [3.8, 4) is 0 Å². The molecule has 0 aromatic rings. The molecule has 1 rings (SSSR count). The van der Waals surface area contributed by atoms with Crippen LogP contribution in [-0.2, 0) is 24.0 Å². The van der Waals surface area contributed by atoms with Crippen LogP contribution in [0.15, 0.2) is 0 Å². The highest BCUT2D eigenvalue weighted by atomic mass is 32.2. The molecule has 0 aliphatic carbocycles. The Morgan fingerprint density at radius 1 is 1.09 bits per heavy atom. The molecule has 1 aliphatic heterocycles. The molecule has 0 aromatic heterocycles. The number of aliphatic hydroxyl groups excluding tert-OH is 1. The molecule has 1 aliphatic rings.